The summed E-state index contributed by atoms with van der Waals surface area (Å²) < 4.78 is 24.1. The molecule has 2 heterocycles. The quantitative estimate of drug-likeness (QED) is 0.624. The number of anilines is 1. The average Bonchev–Trinajstić information content (AvgIpc) is 2.80. The molecule has 0 saturated carbocycles. The maximum atomic E-state index is 13.2. The van der Waals surface area contributed by atoms with Crippen molar-refractivity contribution in [3.8, 4) is 17.4 Å². The summed E-state index contributed by atoms with van der Waals surface area (Å²) in [7, 11) is 1.61. The highest BCUT2D eigenvalue weighted by molar-refractivity contribution is 5.94. The van der Waals surface area contributed by atoms with Gasteiger partial charge in [0.05, 0.1) is 7.11 Å². The van der Waals surface area contributed by atoms with Crippen molar-refractivity contribution in [3.05, 3.63) is 72.3 Å². The van der Waals surface area contributed by atoms with E-state index in [0.717, 1.165) is 11.6 Å². The lowest BCUT2D eigenvalue weighted by Crippen LogP contribution is -2.54. The maximum absolute atomic E-state index is 13.2. The summed E-state index contributed by atoms with van der Waals surface area (Å²) in [5, 5.41) is 0. The van der Waals surface area contributed by atoms with Gasteiger partial charge in [0.2, 0.25) is 5.88 Å². The van der Waals surface area contributed by atoms with E-state index in [1.54, 1.807) is 18.1 Å². The number of nitrogens with zero attached hydrogens (tertiary/aromatic N) is 4. The van der Waals surface area contributed by atoms with Gasteiger partial charge in [-0.25, -0.2) is 14.4 Å². The number of carbonyl (C=O) groups excluding carboxylic acids is 1. The lowest BCUT2D eigenvalue weighted by Gasteiger charge is -2.40. The number of hydrogen-bond acceptors (Lipinski definition) is 6. The van der Waals surface area contributed by atoms with E-state index in [1.165, 1.54) is 30.6 Å². The van der Waals surface area contributed by atoms with E-state index in [9.17, 15) is 9.18 Å². The number of carbonyl (C=O) groups is 1. The molecule has 0 N–H and O–H groups in total. The molecule has 0 radical (unpaired) electrons. The Morgan fingerprint density at radius 1 is 1.03 bits per heavy atom. The summed E-state index contributed by atoms with van der Waals surface area (Å²) in [5.74, 6) is 2.11. The van der Waals surface area contributed by atoms with Crippen molar-refractivity contribution < 1.29 is 18.7 Å². The van der Waals surface area contributed by atoms with Crippen LogP contribution in [0.5, 0.6) is 17.4 Å². The van der Waals surface area contributed by atoms with Crippen LogP contribution in [-0.2, 0) is 0 Å². The number of halogens is 1. The number of methoxy groups -OCH3 is 1. The van der Waals surface area contributed by atoms with E-state index in [2.05, 4.69) is 14.9 Å². The van der Waals surface area contributed by atoms with Crippen LogP contribution < -0.4 is 14.4 Å². The predicted octanol–water partition coefficient (Wildman–Crippen LogP) is 3.77. The summed E-state index contributed by atoms with van der Waals surface area (Å²) in [6.45, 7) is 3.77. The largest absolute Gasteiger partial charge is 0.497 e. The molecule has 160 valence electrons. The van der Waals surface area contributed by atoms with E-state index >= 15 is 0 Å². The fourth-order valence-electron chi connectivity index (χ4n) is 3.55. The molecule has 3 aromatic rings. The molecule has 7 nitrogen and oxygen atoms in total. The van der Waals surface area contributed by atoms with Gasteiger partial charge in [0.25, 0.3) is 5.91 Å². The summed E-state index contributed by atoms with van der Waals surface area (Å²) in [4.78, 5) is 25.3. The van der Waals surface area contributed by atoms with Crippen LogP contribution in [0.25, 0.3) is 0 Å². The Kier molecular flexibility index (Phi) is 5.97. The zero-order chi connectivity index (χ0) is 21.8. The standard InChI is InChI=1S/C23H23FN4O3/c1-16-14-27(11-12-28(16)23(29)17-3-5-18(24)6-4-17)21-13-22(26-15-25-21)31-20-9-7-19(30-2)8-10-20/h3-10,13,15-16H,11-12,14H2,1-2H3. The SMILES string of the molecule is COc1ccc(Oc2cc(N3CCN(C(=O)c4ccc(F)cc4)C(C)C3)ncn2)cc1. The van der Waals surface area contributed by atoms with Gasteiger partial charge in [-0.05, 0) is 55.5 Å². The van der Waals surface area contributed by atoms with E-state index in [1.807, 2.05) is 31.2 Å². The van der Waals surface area contributed by atoms with Gasteiger partial charge in [-0.1, -0.05) is 0 Å². The first-order valence-electron chi connectivity index (χ1n) is 9.99. The van der Waals surface area contributed by atoms with Crippen LogP contribution in [0.3, 0.4) is 0 Å². The normalized spacial score (nSPS) is 16.2. The van der Waals surface area contributed by atoms with Gasteiger partial charge in [-0.2, -0.15) is 0 Å². The molecule has 4 rings (SSSR count). The number of amides is 1. The molecule has 1 atom stereocenters. The number of benzene rings is 2. The number of piperazine rings is 1. The third-order valence-corrected chi connectivity index (χ3v) is 5.21. The van der Waals surface area contributed by atoms with Crippen LogP contribution in [0.4, 0.5) is 10.2 Å². The van der Waals surface area contributed by atoms with Crippen molar-refractivity contribution in [1.29, 1.82) is 0 Å². The van der Waals surface area contributed by atoms with Crippen molar-refractivity contribution in [2.45, 2.75) is 13.0 Å². The van der Waals surface area contributed by atoms with Crippen molar-refractivity contribution in [2.75, 3.05) is 31.6 Å². The Bertz CT molecular complexity index is 1040. The fourth-order valence-corrected chi connectivity index (χ4v) is 3.55. The Balaban J connectivity index is 1.42. The van der Waals surface area contributed by atoms with E-state index < -0.39 is 0 Å². The second-order valence-corrected chi connectivity index (χ2v) is 7.29. The molecular weight excluding hydrogens is 399 g/mol. The number of aromatic nitrogens is 2. The van der Waals surface area contributed by atoms with Crippen LogP contribution in [0.1, 0.15) is 17.3 Å². The first-order chi connectivity index (χ1) is 15.0. The second-order valence-electron chi connectivity index (χ2n) is 7.29. The molecule has 1 aliphatic heterocycles. The van der Waals surface area contributed by atoms with Gasteiger partial charge in [0.15, 0.2) is 0 Å². The highest BCUT2D eigenvalue weighted by atomic mass is 19.1. The van der Waals surface area contributed by atoms with E-state index in [0.29, 0.717) is 36.8 Å². The van der Waals surface area contributed by atoms with Gasteiger partial charge in [0.1, 0.15) is 29.5 Å². The zero-order valence-electron chi connectivity index (χ0n) is 17.4. The third-order valence-electron chi connectivity index (χ3n) is 5.21. The Labute approximate surface area is 180 Å². The topological polar surface area (TPSA) is 67.8 Å². The number of rotatable bonds is 5. The van der Waals surface area contributed by atoms with Crippen molar-refractivity contribution >= 4 is 11.7 Å². The fraction of sp³-hybridized carbons (Fsp3) is 0.261. The minimum Gasteiger partial charge on any atom is -0.497 e. The molecule has 31 heavy (non-hydrogen) atoms. The smallest absolute Gasteiger partial charge is 0.254 e. The van der Waals surface area contributed by atoms with Crippen LogP contribution in [0.15, 0.2) is 60.9 Å². The second kappa shape index (κ2) is 8.99. The monoisotopic (exact) mass is 422 g/mol. The first-order valence-corrected chi connectivity index (χ1v) is 9.99. The molecule has 1 saturated heterocycles. The van der Waals surface area contributed by atoms with Gasteiger partial charge in [0, 0.05) is 37.3 Å². The minimum absolute atomic E-state index is 0.0350. The average molecular weight is 422 g/mol. The molecule has 1 fully saturated rings. The van der Waals surface area contributed by atoms with Gasteiger partial charge >= 0.3 is 0 Å². The van der Waals surface area contributed by atoms with Gasteiger partial charge < -0.3 is 19.3 Å². The lowest BCUT2D eigenvalue weighted by molar-refractivity contribution is 0.0673. The van der Waals surface area contributed by atoms with Crippen LogP contribution in [-0.4, -0.2) is 53.6 Å². The molecule has 0 bridgehead atoms. The Morgan fingerprint density at radius 3 is 2.42 bits per heavy atom. The van der Waals surface area contributed by atoms with Crippen LogP contribution >= 0.6 is 0 Å². The molecule has 8 heteroatoms. The maximum Gasteiger partial charge on any atom is 0.254 e. The summed E-state index contributed by atoms with van der Waals surface area (Å²) >= 11 is 0. The molecule has 0 aliphatic carbocycles. The minimum atomic E-state index is -0.356. The molecule has 1 aromatic heterocycles. The van der Waals surface area contributed by atoms with Gasteiger partial charge in [-0.3, -0.25) is 4.79 Å². The van der Waals surface area contributed by atoms with E-state index in [-0.39, 0.29) is 17.8 Å². The van der Waals surface area contributed by atoms with Crippen molar-refractivity contribution in [3.63, 3.8) is 0 Å². The van der Waals surface area contributed by atoms with Gasteiger partial charge in [-0.15, -0.1) is 0 Å². The third kappa shape index (κ3) is 4.74. The highest BCUT2D eigenvalue weighted by Crippen LogP contribution is 2.25. The number of ether oxygens (including phenoxy) is 2. The van der Waals surface area contributed by atoms with Crippen molar-refractivity contribution in [2.24, 2.45) is 0 Å². The molecule has 0 spiro atoms. The van der Waals surface area contributed by atoms with Crippen molar-refractivity contribution in [1.82, 2.24) is 14.9 Å². The van der Waals surface area contributed by atoms with Crippen LogP contribution in [0, 0.1) is 5.82 Å². The molecule has 1 unspecified atom stereocenters. The molecule has 2 aromatic carbocycles. The Morgan fingerprint density at radius 2 is 1.74 bits per heavy atom. The van der Waals surface area contributed by atoms with Crippen LogP contribution in [0.2, 0.25) is 0 Å². The predicted molar refractivity (Wildman–Crippen MR) is 114 cm³/mol. The summed E-state index contributed by atoms with van der Waals surface area (Å²) in [6.07, 6.45) is 1.47. The zero-order valence-corrected chi connectivity index (χ0v) is 17.4. The molecular formula is C23H23FN4O3. The molecule has 1 aliphatic rings. The van der Waals surface area contributed by atoms with E-state index in [4.69, 9.17) is 9.47 Å². The Hall–Kier alpha value is -3.68. The summed E-state index contributed by atoms with van der Waals surface area (Å²) in [6, 6.07) is 14.6. The lowest BCUT2D eigenvalue weighted by atomic mass is 10.1. The highest BCUT2D eigenvalue weighted by Gasteiger charge is 2.29. The first kappa shape index (κ1) is 20.6. The summed E-state index contributed by atoms with van der Waals surface area (Å²) in [5.41, 5.74) is 0.485. The number of hydrogen-bond donors (Lipinski definition) is 0. The molecule has 1 amide bonds.